The number of fused-ring (bicyclic) bond motifs is 11. The first-order valence-corrected chi connectivity index (χ1v) is 15.4. The molecule has 0 aliphatic rings. The molecule has 3 heteroatoms. The average molecular weight is 566 g/mol. The van der Waals surface area contributed by atoms with Gasteiger partial charge in [-0.25, -0.2) is 0 Å². The molecule has 10 rings (SSSR count). The molecule has 0 atom stereocenters. The Kier molecular flexibility index (Phi) is 4.63. The van der Waals surface area contributed by atoms with Crippen LogP contribution in [0, 0.1) is 0 Å². The molecule has 0 saturated heterocycles. The van der Waals surface area contributed by atoms with Gasteiger partial charge in [-0.15, -0.1) is 11.3 Å². The number of thiophene rings is 1. The van der Waals surface area contributed by atoms with Crippen molar-refractivity contribution in [2.24, 2.45) is 0 Å². The van der Waals surface area contributed by atoms with Crippen molar-refractivity contribution in [3.8, 4) is 16.8 Å². The summed E-state index contributed by atoms with van der Waals surface area (Å²) in [4.78, 5) is 0. The van der Waals surface area contributed by atoms with Crippen LogP contribution < -0.4 is 0 Å². The third-order valence-corrected chi connectivity index (χ3v) is 10.2. The van der Waals surface area contributed by atoms with Crippen molar-refractivity contribution in [3.63, 3.8) is 0 Å². The van der Waals surface area contributed by atoms with Gasteiger partial charge in [0, 0.05) is 53.0 Å². The molecule has 0 aliphatic heterocycles. The van der Waals surface area contributed by atoms with Crippen LogP contribution in [0.1, 0.15) is 0 Å². The van der Waals surface area contributed by atoms with Gasteiger partial charge < -0.3 is 8.98 Å². The van der Waals surface area contributed by atoms with Crippen molar-refractivity contribution in [3.05, 3.63) is 140 Å². The van der Waals surface area contributed by atoms with E-state index in [1.165, 1.54) is 69.6 Å². The smallest absolute Gasteiger partial charge is 0.135 e. The second-order valence-electron chi connectivity index (χ2n) is 11.3. The van der Waals surface area contributed by atoms with Crippen LogP contribution >= 0.6 is 11.3 Å². The van der Waals surface area contributed by atoms with Gasteiger partial charge in [0.15, 0.2) is 0 Å². The minimum Gasteiger partial charge on any atom is -0.456 e. The van der Waals surface area contributed by atoms with E-state index in [0.717, 1.165) is 21.9 Å². The van der Waals surface area contributed by atoms with Gasteiger partial charge in [0.1, 0.15) is 11.2 Å². The topological polar surface area (TPSA) is 18.1 Å². The van der Waals surface area contributed by atoms with Crippen LogP contribution in [0.25, 0.3) is 91.5 Å². The molecule has 3 aromatic heterocycles. The molecule has 200 valence electrons. The molecule has 0 N–H and O–H groups in total. The lowest BCUT2D eigenvalue weighted by molar-refractivity contribution is 0.669. The van der Waals surface area contributed by atoms with E-state index in [2.05, 4.69) is 132 Å². The third kappa shape index (κ3) is 3.23. The van der Waals surface area contributed by atoms with Gasteiger partial charge >= 0.3 is 0 Å². The Morgan fingerprint density at radius 1 is 0.512 bits per heavy atom. The SMILES string of the molecule is c1ccc2cc(-n3c4ccccc4c4cc(-c5ccc6oc7ccccc7c6c5)c5sc6ccccc6c5c43)ccc2c1. The van der Waals surface area contributed by atoms with Crippen LogP contribution in [-0.2, 0) is 0 Å². The van der Waals surface area contributed by atoms with Crippen LogP contribution in [0.4, 0.5) is 0 Å². The van der Waals surface area contributed by atoms with Crippen molar-refractivity contribution in [1.82, 2.24) is 4.57 Å². The maximum absolute atomic E-state index is 6.19. The molecule has 0 spiro atoms. The third-order valence-electron chi connectivity index (χ3n) is 8.96. The maximum atomic E-state index is 6.19. The van der Waals surface area contributed by atoms with Gasteiger partial charge in [-0.05, 0) is 64.9 Å². The van der Waals surface area contributed by atoms with Crippen LogP contribution in [0.3, 0.4) is 0 Å². The second-order valence-corrected chi connectivity index (χ2v) is 12.4. The van der Waals surface area contributed by atoms with Crippen molar-refractivity contribution in [2.45, 2.75) is 0 Å². The summed E-state index contributed by atoms with van der Waals surface area (Å²) < 4.78 is 11.3. The molecule has 3 heterocycles. The molecule has 0 amide bonds. The summed E-state index contributed by atoms with van der Waals surface area (Å²) in [5.74, 6) is 0. The summed E-state index contributed by atoms with van der Waals surface area (Å²) in [5, 5.41) is 9.95. The summed E-state index contributed by atoms with van der Waals surface area (Å²) in [6.45, 7) is 0. The molecule has 0 fully saturated rings. The van der Waals surface area contributed by atoms with E-state index >= 15 is 0 Å². The van der Waals surface area contributed by atoms with Crippen molar-refractivity contribution >= 4 is 86.0 Å². The number of hydrogen-bond acceptors (Lipinski definition) is 2. The fraction of sp³-hybridized carbons (Fsp3) is 0. The first kappa shape index (κ1) is 23.2. The van der Waals surface area contributed by atoms with Gasteiger partial charge in [-0.1, -0.05) is 91.0 Å². The zero-order valence-corrected chi connectivity index (χ0v) is 23.9. The van der Waals surface area contributed by atoms with Gasteiger partial charge in [-0.3, -0.25) is 0 Å². The zero-order valence-electron chi connectivity index (χ0n) is 23.0. The summed E-state index contributed by atoms with van der Waals surface area (Å²) in [6, 6.07) is 50.6. The number of nitrogens with zero attached hydrogens (tertiary/aromatic N) is 1. The second kappa shape index (κ2) is 8.57. The lowest BCUT2D eigenvalue weighted by atomic mass is 9.97. The number of rotatable bonds is 2. The first-order valence-electron chi connectivity index (χ1n) is 14.6. The highest BCUT2D eigenvalue weighted by Crippen LogP contribution is 2.48. The fourth-order valence-electron chi connectivity index (χ4n) is 7.03. The molecule has 0 bridgehead atoms. The van der Waals surface area contributed by atoms with Gasteiger partial charge in [0.05, 0.1) is 11.0 Å². The van der Waals surface area contributed by atoms with Gasteiger partial charge in [0.25, 0.3) is 0 Å². The molecule has 0 unspecified atom stereocenters. The highest BCUT2D eigenvalue weighted by molar-refractivity contribution is 7.26. The molecule has 7 aromatic carbocycles. The van der Waals surface area contributed by atoms with E-state index in [0.29, 0.717) is 0 Å². The van der Waals surface area contributed by atoms with E-state index < -0.39 is 0 Å². The lowest BCUT2D eigenvalue weighted by Crippen LogP contribution is -1.94. The Balaban J connectivity index is 1.38. The summed E-state index contributed by atoms with van der Waals surface area (Å²) in [6.07, 6.45) is 0. The molecular formula is C40H23NOS. The molecule has 10 aromatic rings. The minimum absolute atomic E-state index is 0.923. The maximum Gasteiger partial charge on any atom is 0.135 e. The molecule has 2 nitrogen and oxygen atoms in total. The van der Waals surface area contributed by atoms with E-state index in [9.17, 15) is 0 Å². The van der Waals surface area contributed by atoms with Crippen molar-refractivity contribution < 1.29 is 4.42 Å². The Morgan fingerprint density at radius 3 is 2.19 bits per heavy atom. The number of para-hydroxylation sites is 2. The fourth-order valence-corrected chi connectivity index (χ4v) is 8.27. The monoisotopic (exact) mass is 565 g/mol. The quantitative estimate of drug-likeness (QED) is 0.204. The average Bonchev–Trinajstić information content (AvgIpc) is 3.73. The molecule has 0 radical (unpaired) electrons. The summed E-state index contributed by atoms with van der Waals surface area (Å²) in [7, 11) is 0. The molecule has 0 saturated carbocycles. The zero-order chi connectivity index (χ0) is 28.1. The van der Waals surface area contributed by atoms with E-state index in [4.69, 9.17) is 4.42 Å². The number of furan rings is 1. The summed E-state index contributed by atoms with van der Waals surface area (Å²) in [5.41, 5.74) is 7.99. The van der Waals surface area contributed by atoms with Crippen LogP contribution in [0.2, 0.25) is 0 Å². The standard InChI is InChI=1S/C40H23NOS/c1-2-10-25-21-27(19-17-24(25)9-1)41-34-14-6-3-11-28(34)33-23-31(40-38(39(33)41)30-13-5-8-16-37(30)43-40)26-18-20-36-32(22-26)29-12-4-7-15-35(29)42-36/h1-23H. The number of hydrogen-bond donors (Lipinski definition) is 0. The lowest BCUT2D eigenvalue weighted by Gasteiger charge is -2.12. The van der Waals surface area contributed by atoms with Crippen molar-refractivity contribution in [1.29, 1.82) is 0 Å². The largest absolute Gasteiger partial charge is 0.456 e. The Labute approximate surface area is 250 Å². The molecule has 0 aliphatic carbocycles. The Morgan fingerprint density at radius 2 is 1.26 bits per heavy atom. The molecule has 43 heavy (non-hydrogen) atoms. The van der Waals surface area contributed by atoms with Crippen molar-refractivity contribution in [2.75, 3.05) is 0 Å². The highest BCUT2D eigenvalue weighted by Gasteiger charge is 2.22. The van der Waals surface area contributed by atoms with Gasteiger partial charge in [0.2, 0.25) is 0 Å². The summed E-state index contributed by atoms with van der Waals surface area (Å²) >= 11 is 1.89. The van der Waals surface area contributed by atoms with Crippen LogP contribution in [-0.4, -0.2) is 4.57 Å². The predicted octanol–water partition coefficient (Wildman–Crippen LogP) is 11.9. The Bertz CT molecular complexity index is 2740. The number of aromatic nitrogens is 1. The van der Waals surface area contributed by atoms with E-state index in [1.807, 2.05) is 23.5 Å². The Hall–Kier alpha value is -5.38. The van der Waals surface area contributed by atoms with Crippen LogP contribution in [0.5, 0.6) is 0 Å². The minimum atomic E-state index is 0.923. The highest BCUT2D eigenvalue weighted by atomic mass is 32.1. The first-order chi connectivity index (χ1) is 21.3. The number of benzene rings is 7. The van der Waals surface area contributed by atoms with E-state index in [-0.39, 0.29) is 0 Å². The normalized spacial score (nSPS) is 12.2. The van der Waals surface area contributed by atoms with Gasteiger partial charge in [-0.2, -0.15) is 0 Å². The van der Waals surface area contributed by atoms with Crippen LogP contribution in [0.15, 0.2) is 144 Å². The van der Waals surface area contributed by atoms with E-state index in [1.54, 1.807) is 0 Å². The predicted molar refractivity (Wildman–Crippen MR) is 184 cm³/mol. The molecular weight excluding hydrogens is 543 g/mol.